The Kier molecular flexibility index (Phi) is 7.89. The first-order valence-corrected chi connectivity index (χ1v) is 10.3. The smallest absolute Gasteiger partial charge is 0.255 e. The van der Waals surface area contributed by atoms with Crippen LogP contribution >= 0.6 is 0 Å². The van der Waals surface area contributed by atoms with E-state index in [1.807, 2.05) is 78.9 Å². The molecular formula is C26H26N4O. The minimum atomic E-state index is -0.172. The number of hydrogen-bond acceptors (Lipinski definition) is 4. The SMILES string of the molecule is CCC.O=C(Nc1ccccc1)c1cccc(Nc2nccc(-c3ccccc3)n2)c1. The van der Waals surface area contributed by atoms with Crippen LogP contribution in [0.15, 0.2) is 97.2 Å². The van der Waals surface area contributed by atoms with Gasteiger partial charge in [0, 0.05) is 28.7 Å². The van der Waals surface area contributed by atoms with Gasteiger partial charge in [-0.15, -0.1) is 0 Å². The minimum absolute atomic E-state index is 0.172. The first-order chi connectivity index (χ1) is 15.2. The van der Waals surface area contributed by atoms with Crippen molar-refractivity contribution in [1.29, 1.82) is 0 Å². The average Bonchev–Trinajstić information content (AvgIpc) is 2.81. The number of hydrogen-bond donors (Lipinski definition) is 2. The molecule has 0 fully saturated rings. The molecule has 4 aromatic rings. The Hall–Kier alpha value is -3.99. The lowest BCUT2D eigenvalue weighted by Gasteiger charge is -2.09. The van der Waals surface area contributed by atoms with E-state index in [0.29, 0.717) is 11.5 Å². The number of carbonyl (C=O) groups excluding carboxylic acids is 1. The molecule has 2 N–H and O–H groups in total. The summed E-state index contributed by atoms with van der Waals surface area (Å²) < 4.78 is 0. The quantitative estimate of drug-likeness (QED) is 0.391. The molecule has 0 unspecified atom stereocenters. The van der Waals surface area contributed by atoms with Crippen LogP contribution in [-0.4, -0.2) is 15.9 Å². The highest BCUT2D eigenvalue weighted by molar-refractivity contribution is 6.04. The molecule has 5 nitrogen and oxygen atoms in total. The second-order valence-electron chi connectivity index (χ2n) is 6.86. The normalized spacial score (nSPS) is 9.87. The Morgan fingerprint density at radius 2 is 1.45 bits per heavy atom. The summed E-state index contributed by atoms with van der Waals surface area (Å²) in [5.41, 5.74) is 3.89. The Balaban J connectivity index is 0.000000858. The van der Waals surface area contributed by atoms with E-state index in [1.54, 1.807) is 18.3 Å². The predicted octanol–water partition coefficient (Wildman–Crippen LogP) is 6.56. The Morgan fingerprint density at radius 3 is 2.16 bits per heavy atom. The zero-order valence-corrected chi connectivity index (χ0v) is 17.7. The standard InChI is InChI=1S/C23H18N4O.C3H8/c28-22(25-19-11-5-2-6-12-19)18-10-7-13-20(16-18)26-23-24-15-14-21(27-23)17-8-3-1-4-9-17;1-3-2/h1-16H,(H,25,28)(H,24,26,27);3H2,1-2H3. The first kappa shape index (κ1) is 21.7. The second kappa shape index (κ2) is 11.3. The van der Waals surface area contributed by atoms with Gasteiger partial charge in [-0.1, -0.05) is 74.9 Å². The van der Waals surface area contributed by atoms with Crippen LogP contribution in [0.3, 0.4) is 0 Å². The fraction of sp³-hybridized carbons (Fsp3) is 0.115. The summed E-state index contributed by atoms with van der Waals surface area (Å²) in [4.78, 5) is 21.3. The zero-order valence-electron chi connectivity index (χ0n) is 17.7. The molecule has 3 aromatic carbocycles. The molecule has 4 rings (SSSR count). The summed E-state index contributed by atoms with van der Waals surface area (Å²) in [5.74, 6) is 0.302. The van der Waals surface area contributed by atoms with Gasteiger partial charge in [-0.25, -0.2) is 9.97 Å². The van der Waals surface area contributed by atoms with Gasteiger partial charge < -0.3 is 10.6 Å². The van der Waals surface area contributed by atoms with E-state index in [-0.39, 0.29) is 5.91 Å². The van der Waals surface area contributed by atoms with Gasteiger partial charge in [-0.05, 0) is 36.4 Å². The van der Waals surface area contributed by atoms with Gasteiger partial charge in [-0.3, -0.25) is 4.79 Å². The van der Waals surface area contributed by atoms with Crippen molar-refractivity contribution in [1.82, 2.24) is 9.97 Å². The molecule has 156 valence electrons. The van der Waals surface area contributed by atoms with Crippen LogP contribution < -0.4 is 10.6 Å². The van der Waals surface area contributed by atoms with Crippen LogP contribution in [0.25, 0.3) is 11.3 Å². The van der Waals surface area contributed by atoms with Crippen molar-refractivity contribution in [3.05, 3.63) is 103 Å². The van der Waals surface area contributed by atoms with Crippen molar-refractivity contribution in [2.75, 3.05) is 10.6 Å². The third-order valence-electron chi connectivity index (χ3n) is 4.14. The number of nitrogens with zero attached hydrogens (tertiary/aromatic N) is 2. The molecule has 0 bridgehead atoms. The van der Waals surface area contributed by atoms with Gasteiger partial charge >= 0.3 is 0 Å². The Morgan fingerprint density at radius 1 is 0.806 bits per heavy atom. The van der Waals surface area contributed by atoms with Gasteiger partial charge in [0.1, 0.15) is 0 Å². The number of benzene rings is 3. The average molecular weight is 411 g/mol. The number of carbonyl (C=O) groups is 1. The molecule has 0 atom stereocenters. The lowest BCUT2D eigenvalue weighted by atomic mass is 10.1. The molecular weight excluding hydrogens is 384 g/mol. The molecule has 0 aliphatic rings. The molecule has 5 heteroatoms. The van der Waals surface area contributed by atoms with Crippen molar-refractivity contribution in [3.63, 3.8) is 0 Å². The number of para-hydroxylation sites is 1. The summed E-state index contributed by atoms with van der Waals surface area (Å²) in [7, 11) is 0. The molecule has 0 spiro atoms. The van der Waals surface area contributed by atoms with Crippen LogP contribution in [-0.2, 0) is 0 Å². The highest BCUT2D eigenvalue weighted by Crippen LogP contribution is 2.20. The number of anilines is 3. The fourth-order valence-corrected chi connectivity index (χ4v) is 2.78. The lowest BCUT2D eigenvalue weighted by molar-refractivity contribution is 0.102. The number of amides is 1. The molecule has 0 saturated carbocycles. The molecule has 1 aromatic heterocycles. The molecule has 1 amide bonds. The van der Waals surface area contributed by atoms with E-state index in [9.17, 15) is 4.79 Å². The highest BCUT2D eigenvalue weighted by atomic mass is 16.1. The number of nitrogens with one attached hydrogen (secondary N) is 2. The Bertz CT molecular complexity index is 1100. The maximum atomic E-state index is 12.5. The van der Waals surface area contributed by atoms with E-state index in [2.05, 4.69) is 34.4 Å². The van der Waals surface area contributed by atoms with Crippen LogP contribution in [0.5, 0.6) is 0 Å². The number of rotatable bonds is 5. The van der Waals surface area contributed by atoms with Crippen molar-refractivity contribution in [3.8, 4) is 11.3 Å². The third-order valence-corrected chi connectivity index (χ3v) is 4.14. The van der Waals surface area contributed by atoms with Gasteiger partial charge in [0.15, 0.2) is 0 Å². The maximum absolute atomic E-state index is 12.5. The van der Waals surface area contributed by atoms with Gasteiger partial charge in [0.2, 0.25) is 5.95 Å². The van der Waals surface area contributed by atoms with Crippen molar-refractivity contribution in [2.24, 2.45) is 0 Å². The summed E-state index contributed by atoms with van der Waals surface area (Å²) in [6.45, 7) is 4.25. The fourth-order valence-electron chi connectivity index (χ4n) is 2.78. The van der Waals surface area contributed by atoms with E-state index >= 15 is 0 Å². The number of aromatic nitrogens is 2. The molecule has 0 saturated heterocycles. The topological polar surface area (TPSA) is 66.9 Å². The molecule has 31 heavy (non-hydrogen) atoms. The van der Waals surface area contributed by atoms with Crippen LogP contribution in [0.1, 0.15) is 30.6 Å². The van der Waals surface area contributed by atoms with Crippen LogP contribution in [0.2, 0.25) is 0 Å². The van der Waals surface area contributed by atoms with E-state index < -0.39 is 0 Å². The Labute approximate surface area is 183 Å². The molecule has 0 aliphatic carbocycles. The van der Waals surface area contributed by atoms with Crippen LogP contribution in [0, 0.1) is 0 Å². The maximum Gasteiger partial charge on any atom is 0.255 e. The summed E-state index contributed by atoms with van der Waals surface area (Å²) >= 11 is 0. The zero-order chi connectivity index (χ0) is 21.9. The van der Waals surface area contributed by atoms with Crippen molar-refractivity contribution in [2.45, 2.75) is 20.3 Å². The van der Waals surface area contributed by atoms with Crippen molar-refractivity contribution < 1.29 is 4.79 Å². The van der Waals surface area contributed by atoms with Gasteiger partial charge in [0.05, 0.1) is 5.69 Å². The van der Waals surface area contributed by atoms with Gasteiger partial charge in [0.25, 0.3) is 5.91 Å². The highest BCUT2D eigenvalue weighted by Gasteiger charge is 2.08. The third kappa shape index (κ3) is 6.51. The van der Waals surface area contributed by atoms with E-state index in [4.69, 9.17) is 0 Å². The second-order valence-corrected chi connectivity index (χ2v) is 6.86. The first-order valence-electron chi connectivity index (χ1n) is 10.3. The van der Waals surface area contributed by atoms with Crippen molar-refractivity contribution >= 4 is 23.2 Å². The summed E-state index contributed by atoms with van der Waals surface area (Å²) in [5, 5.41) is 6.05. The lowest BCUT2D eigenvalue weighted by Crippen LogP contribution is -2.12. The monoisotopic (exact) mass is 410 g/mol. The predicted molar refractivity (Wildman–Crippen MR) is 128 cm³/mol. The summed E-state index contributed by atoms with van der Waals surface area (Å²) in [6.07, 6.45) is 2.96. The van der Waals surface area contributed by atoms with Crippen LogP contribution in [0.4, 0.5) is 17.3 Å². The molecule has 0 aliphatic heterocycles. The minimum Gasteiger partial charge on any atom is -0.324 e. The molecule has 1 heterocycles. The molecule has 0 radical (unpaired) electrons. The van der Waals surface area contributed by atoms with Gasteiger partial charge in [-0.2, -0.15) is 0 Å². The van der Waals surface area contributed by atoms with E-state index in [0.717, 1.165) is 22.6 Å². The summed E-state index contributed by atoms with van der Waals surface area (Å²) in [6, 6.07) is 28.4. The van der Waals surface area contributed by atoms with E-state index in [1.165, 1.54) is 6.42 Å². The largest absolute Gasteiger partial charge is 0.324 e.